The number of nitrogens with two attached hydrogens (primary N) is 1. The molecule has 0 saturated carbocycles. The molecule has 2 aromatic heterocycles. The molecule has 4 N–H and O–H groups in total. The zero-order chi connectivity index (χ0) is 14.3. The molecular weight excluding hydrogens is 280 g/mol. The van der Waals surface area contributed by atoms with E-state index in [0.29, 0.717) is 5.69 Å². The molecule has 6 nitrogen and oxygen atoms in total. The van der Waals surface area contributed by atoms with Crippen molar-refractivity contribution in [1.29, 1.82) is 0 Å². The fourth-order valence-corrected chi connectivity index (χ4v) is 2.31. The second-order valence-corrected chi connectivity index (χ2v) is 4.52. The molecule has 3 aromatic rings. The van der Waals surface area contributed by atoms with Crippen molar-refractivity contribution >= 4 is 28.1 Å². The van der Waals surface area contributed by atoms with E-state index in [0.717, 1.165) is 5.56 Å². The minimum absolute atomic E-state index is 0.0239. The highest BCUT2D eigenvalue weighted by Crippen LogP contribution is 2.35. The highest BCUT2D eigenvalue weighted by atomic mass is 35.5. The summed E-state index contributed by atoms with van der Waals surface area (Å²) in [7, 11) is 0. The third kappa shape index (κ3) is 1.78. The Hall–Kier alpha value is -2.60. The first-order chi connectivity index (χ1) is 9.59. The van der Waals surface area contributed by atoms with Gasteiger partial charge in [0.25, 0.3) is 5.56 Å². The van der Waals surface area contributed by atoms with E-state index in [1.54, 1.807) is 12.1 Å². The molecule has 0 aliphatic carbocycles. The maximum Gasteiger partial charge on any atom is 0.274 e. The van der Waals surface area contributed by atoms with Crippen LogP contribution in [0, 0.1) is 0 Å². The minimum atomic E-state index is -0.531. The lowest BCUT2D eigenvalue weighted by Gasteiger charge is -2.09. The van der Waals surface area contributed by atoms with Crippen molar-refractivity contribution in [2.45, 2.75) is 0 Å². The van der Waals surface area contributed by atoms with Crippen LogP contribution in [-0.2, 0) is 0 Å². The fourth-order valence-electron chi connectivity index (χ4n) is 2.04. The van der Waals surface area contributed by atoms with Gasteiger partial charge >= 0.3 is 0 Å². The first-order valence-electron chi connectivity index (χ1n) is 5.71. The Morgan fingerprint density at radius 2 is 1.90 bits per heavy atom. The number of hydrogen-bond donors (Lipinski definition) is 3. The molecule has 0 unspecified atom stereocenters. The van der Waals surface area contributed by atoms with Crippen molar-refractivity contribution in [3.63, 3.8) is 0 Å². The lowest BCUT2D eigenvalue weighted by molar-refractivity contribution is 0.451. The summed E-state index contributed by atoms with van der Waals surface area (Å²) in [6.07, 6.45) is 0. The summed E-state index contributed by atoms with van der Waals surface area (Å²) in [5.74, 6) is -0.414. The van der Waals surface area contributed by atoms with Crippen LogP contribution in [0.25, 0.3) is 22.0 Å². The molecule has 20 heavy (non-hydrogen) atoms. The van der Waals surface area contributed by atoms with Gasteiger partial charge in [0.2, 0.25) is 5.88 Å². The standard InChI is InChI=1S/C13H9ClN4O2/c14-11-8-7(12(19)17-18-13(8)20)9(15)10(16-11)6-4-2-1-3-5-6/h1-5H,15H2,(H,17,19)(H,18,20). The Morgan fingerprint density at radius 1 is 1.20 bits per heavy atom. The number of fused-ring (bicyclic) bond motifs is 1. The van der Waals surface area contributed by atoms with Crippen LogP contribution in [0.2, 0.25) is 5.15 Å². The third-order valence-corrected chi connectivity index (χ3v) is 3.23. The molecule has 0 bridgehead atoms. The smallest absolute Gasteiger partial charge is 0.274 e. The second kappa shape index (κ2) is 4.50. The van der Waals surface area contributed by atoms with Crippen LogP contribution < -0.4 is 11.3 Å². The van der Waals surface area contributed by atoms with Crippen molar-refractivity contribution in [3.8, 4) is 17.1 Å². The van der Waals surface area contributed by atoms with Crippen molar-refractivity contribution in [3.05, 3.63) is 45.8 Å². The van der Waals surface area contributed by atoms with Gasteiger partial charge in [-0.25, -0.2) is 10.1 Å². The van der Waals surface area contributed by atoms with Gasteiger partial charge in [-0.2, -0.15) is 0 Å². The Kier molecular flexibility index (Phi) is 2.80. The highest BCUT2D eigenvalue weighted by Gasteiger charge is 2.18. The lowest BCUT2D eigenvalue weighted by Crippen LogP contribution is -2.12. The Labute approximate surface area is 117 Å². The molecule has 7 heteroatoms. The number of nitrogen functional groups attached to an aromatic ring is 1. The predicted octanol–water partition coefficient (Wildman–Crippen LogP) is 1.93. The van der Waals surface area contributed by atoms with Crippen molar-refractivity contribution in [1.82, 2.24) is 15.2 Å². The third-order valence-electron chi connectivity index (χ3n) is 2.95. The number of anilines is 1. The summed E-state index contributed by atoms with van der Waals surface area (Å²) in [6, 6.07) is 9.10. The van der Waals surface area contributed by atoms with E-state index in [1.807, 2.05) is 18.2 Å². The number of nitrogens with zero attached hydrogens (tertiary/aromatic N) is 2. The molecule has 0 aliphatic heterocycles. The van der Waals surface area contributed by atoms with Crippen LogP contribution >= 0.6 is 11.6 Å². The molecule has 0 spiro atoms. The molecular formula is C13H9ClN4O2. The van der Waals surface area contributed by atoms with E-state index in [9.17, 15) is 9.90 Å². The van der Waals surface area contributed by atoms with Gasteiger partial charge in [-0.05, 0) is 0 Å². The van der Waals surface area contributed by atoms with Gasteiger partial charge in [0.05, 0.1) is 22.2 Å². The van der Waals surface area contributed by atoms with Gasteiger partial charge in [0.1, 0.15) is 5.15 Å². The fraction of sp³-hybridized carbons (Fsp3) is 0. The zero-order valence-electron chi connectivity index (χ0n) is 10.1. The summed E-state index contributed by atoms with van der Waals surface area (Å²) < 4.78 is 0. The number of halogens is 1. The normalized spacial score (nSPS) is 10.8. The monoisotopic (exact) mass is 288 g/mol. The van der Waals surface area contributed by atoms with E-state index in [4.69, 9.17) is 17.3 Å². The zero-order valence-corrected chi connectivity index (χ0v) is 10.8. The number of nitrogens with one attached hydrogen (secondary N) is 1. The van der Waals surface area contributed by atoms with Gasteiger partial charge in [0.15, 0.2) is 0 Å². The first kappa shape index (κ1) is 12.4. The SMILES string of the molecule is Nc1c(-c2ccccc2)nc(Cl)c2c(O)n[nH]c(=O)c12. The van der Waals surface area contributed by atoms with Crippen LogP contribution in [0.1, 0.15) is 0 Å². The van der Waals surface area contributed by atoms with Crippen LogP contribution in [0.15, 0.2) is 35.1 Å². The number of hydrogen-bond acceptors (Lipinski definition) is 5. The summed E-state index contributed by atoms with van der Waals surface area (Å²) in [5.41, 5.74) is 6.74. The minimum Gasteiger partial charge on any atom is -0.492 e. The van der Waals surface area contributed by atoms with E-state index in [2.05, 4.69) is 15.2 Å². The Morgan fingerprint density at radius 3 is 2.60 bits per heavy atom. The van der Waals surface area contributed by atoms with Crippen LogP contribution in [0.4, 0.5) is 5.69 Å². The molecule has 0 fully saturated rings. The molecule has 1 aromatic carbocycles. The predicted molar refractivity (Wildman–Crippen MR) is 76.7 cm³/mol. The van der Waals surface area contributed by atoms with Crippen LogP contribution in [0.3, 0.4) is 0 Å². The quantitative estimate of drug-likeness (QED) is 0.593. The van der Waals surface area contributed by atoms with Crippen molar-refractivity contribution in [2.24, 2.45) is 0 Å². The number of aromatic nitrogens is 3. The molecule has 3 rings (SSSR count). The lowest BCUT2D eigenvalue weighted by atomic mass is 10.1. The topological polar surface area (TPSA) is 105 Å². The average Bonchev–Trinajstić information content (AvgIpc) is 2.46. The van der Waals surface area contributed by atoms with Crippen LogP contribution in [0.5, 0.6) is 5.88 Å². The number of aromatic hydroxyl groups is 1. The Balaban J connectivity index is 2.47. The molecule has 100 valence electrons. The van der Waals surface area contributed by atoms with E-state index in [-0.39, 0.29) is 21.6 Å². The molecule has 0 amide bonds. The molecule has 0 radical (unpaired) electrons. The van der Waals surface area contributed by atoms with Gasteiger partial charge < -0.3 is 10.8 Å². The molecule has 0 atom stereocenters. The van der Waals surface area contributed by atoms with Crippen LogP contribution in [-0.4, -0.2) is 20.3 Å². The summed E-state index contributed by atoms with van der Waals surface area (Å²) in [4.78, 5) is 16.1. The van der Waals surface area contributed by atoms with Gasteiger partial charge in [-0.15, -0.1) is 5.10 Å². The number of pyridine rings is 1. The molecule has 2 heterocycles. The molecule has 0 aliphatic rings. The number of H-pyrrole nitrogens is 1. The molecule has 0 saturated heterocycles. The summed E-state index contributed by atoms with van der Waals surface area (Å²) >= 11 is 6.04. The first-order valence-corrected chi connectivity index (χ1v) is 6.09. The van der Waals surface area contributed by atoms with E-state index >= 15 is 0 Å². The maximum absolute atomic E-state index is 11.9. The van der Waals surface area contributed by atoms with E-state index < -0.39 is 11.4 Å². The van der Waals surface area contributed by atoms with E-state index in [1.165, 1.54) is 0 Å². The number of aromatic amines is 1. The van der Waals surface area contributed by atoms with Crippen molar-refractivity contribution < 1.29 is 5.11 Å². The number of rotatable bonds is 1. The highest BCUT2D eigenvalue weighted by molar-refractivity contribution is 6.35. The summed E-state index contributed by atoms with van der Waals surface area (Å²) in [6.45, 7) is 0. The van der Waals surface area contributed by atoms with Gasteiger partial charge in [-0.3, -0.25) is 4.79 Å². The second-order valence-electron chi connectivity index (χ2n) is 4.16. The largest absolute Gasteiger partial charge is 0.492 e. The van der Waals surface area contributed by atoms with Gasteiger partial charge in [0, 0.05) is 5.56 Å². The van der Waals surface area contributed by atoms with Crippen molar-refractivity contribution in [2.75, 3.05) is 5.73 Å². The maximum atomic E-state index is 11.9. The Bertz CT molecular complexity index is 862. The average molecular weight is 289 g/mol. The summed E-state index contributed by atoms with van der Waals surface area (Å²) in [5, 5.41) is 15.4. The van der Waals surface area contributed by atoms with Gasteiger partial charge in [-0.1, -0.05) is 41.9 Å². The number of benzene rings is 1.